The number of aryl methyl sites for hydroxylation is 1. The van der Waals surface area contributed by atoms with Gasteiger partial charge in [0.15, 0.2) is 5.82 Å². The third-order valence-corrected chi connectivity index (χ3v) is 2.69. The maximum Gasteiger partial charge on any atom is 0.177 e. The van der Waals surface area contributed by atoms with Crippen molar-refractivity contribution in [1.82, 2.24) is 19.2 Å². The van der Waals surface area contributed by atoms with Gasteiger partial charge < -0.3 is 5.11 Å². The van der Waals surface area contributed by atoms with Crippen LogP contribution in [0, 0.1) is 6.92 Å². The third-order valence-electron chi connectivity index (χ3n) is 2.69. The molecule has 0 aliphatic rings. The zero-order chi connectivity index (χ0) is 11.8. The predicted molar refractivity (Wildman–Crippen MR) is 63.0 cm³/mol. The highest BCUT2D eigenvalue weighted by molar-refractivity contribution is 5.48. The Labute approximate surface area is 98.0 Å². The van der Waals surface area contributed by atoms with Crippen LogP contribution in [0.3, 0.4) is 0 Å². The molecule has 0 aliphatic carbocycles. The zero-order valence-electron chi connectivity index (χ0n) is 9.41. The molecule has 0 aliphatic heterocycles. The molecule has 0 aromatic carbocycles. The van der Waals surface area contributed by atoms with Gasteiger partial charge in [0.25, 0.3) is 0 Å². The molecule has 3 heterocycles. The van der Waals surface area contributed by atoms with Crippen molar-refractivity contribution in [2.24, 2.45) is 0 Å². The van der Waals surface area contributed by atoms with Crippen LogP contribution in [0.5, 0.6) is 0 Å². The number of hydrogen-bond donors (Lipinski definition) is 1. The minimum absolute atomic E-state index is 0.0700. The molecule has 3 rings (SSSR count). The fourth-order valence-corrected chi connectivity index (χ4v) is 1.89. The first-order valence-electron chi connectivity index (χ1n) is 5.38. The largest absolute Gasteiger partial charge is 0.390 e. The number of aliphatic hydroxyl groups is 1. The van der Waals surface area contributed by atoms with Crippen LogP contribution in [0.1, 0.15) is 11.3 Å². The Bertz CT molecular complexity index is 668. The first kappa shape index (κ1) is 10.0. The average molecular weight is 228 g/mol. The van der Waals surface area contributed by atoms with Gasteiger partial charge in [-0.1, -0.05) is 6.07 Å². The lowest BCUT2D eigenvalue weighted by Crippen LogP contribution is -2.01. The van der Waals surface area contributed by atoms with Crippen molar-refractivity contribution in [2.45, 2.75) is 13.5 Å². The maximum absolute atomic E-state index is 9.47. The molecule has 0 unspecified atom stereocenters. The van der Waals surface area contributed by atoms with Crippen molar-refractivity contribution < 1.29 is 5.11 Å². The highest BCUT2D eigenvalue weighted by atomic mass is 16.3. The van der Waals surface area contributed by atoms with Crippen LogP contribution in [0.25, 0.3) is 11.5 Å². The quantitative estimate of drug-likeness (QED) is 0.719. The molecule has 3 aromatic rings. The van der Waals surface area contributed by atoms with Gasteiger partial charge in [0.1, 0.15) is 5.65 Å². The Balaban J connectivity index is 2.29. The summed E-state index contributed by atoms with van der Waals surface area (Å²) in [6.07, 6.45) is 5.54. The summed E-state index contributed by atoms with van der Waals surface area (Å²) in [7, 11) is 0. The Morgan fingerprint density at radius 1 is 1.35 bits per heavy atom. The Morgan fingerprint density at radius 2 is 2.24 bits per heavy atom. The standard InChI is InChI=1S/C12H12N4O/c1-9-6-13-16(7-9)12-10(8-17)15-5-3-2-4-11(15)14-12/h2-7,17H,8H2,1H3. The number of aliphatic hydroxyl groups excluding tert-OH is 1. The number of nitrogens with zero attached hydrogens (tertiary/aromatic N) is 4. The van der Waals surface area contributed by atoms with E-state index in [2.05, 4.69) is 10.1 Å². The van der Waals surface area contributed by atoms with Crippen LogP contribution in [0.2, 0.25) is 0 Å². The number of aromatic nitrogens is 4. The van der Waals surface area contributed by atoms with Crippen molar-refractivity contribution in [3.8, 4) is 5.82 Å². The van der Waals surface area contributed by atoms with Gasteiger partial charge in [0.2, 0.25) is 0 Å². The minimum atomic E-state index is -0.0700. The maximum atomic E-state index is 9.47. The van der Waals surface area contributed by atoms with E-state index < -0.39 is 0 Å². The zero-order valence-corrected chi connectivity index (χ0v) is 9.41. The van der Waals surface area contributed by atoms with E-state index in [1.54, 1.807) is 10.9 Å². The lowest BCUT2D eigenvalue weighted by Gasteiger charge is -2.00. The van der Waals surface area contributed by atoms with E-state index in [0.717, 1.165) is 16.9 Å². The summed E-state index contributed by atoms with van der Waals surface area (Å²) in [5, 5.41) is 13.7. The van der Waals surface area contributed by atoms with Crippen LogP contribution in [-0.2, 0) is 6.61 Å². The van der Waals surface area contributed by atoms with Crippen molar-refractivity contribution >= 4 is 5.65 Å². The summed E-state index contributed by atoms with van der Waals surface area (Å²) in [6.45, 7) is 1.90. The molecular formula is C12H12N4O. The summed E-state index contributed by atoms with van der Waals surface area (Å²) in [4.78, 5) is 4.47. The lowest BCUT2D eigenvalue weighted by atomic mass is 10.4. The van der Waals surface area contributed by atoms with Gasteiger partial charge in [0.05, 0.1) is 18.5 Å². The van der Waals surface area contributed by atoms with E-state index in [9.17, 15) is 5.11 Å². The smallest absolute Gasteiger partial charge is 0.177 e. The predicted octanol–water partition coefficient (Wildman–Crippen LogP) is 1.32. The third kappa shape index (κ3) is 1.52. The molecule has 3 aromatic heterocycles. The highest BCUT2D eigenvalue weighted by Gasteiger charge is 2.12. The summed E-state index contributed by atoms with van der Waals surface area (Å²) < 4.78 is 3.56. The lowest BCUT2D eigenvalue weighted by molar-refractivity contribution is 0.275. The number of rotatable bonds is 2. The highest BCUT2D eigenvalue weighted by Crippen LogP contribution is 2.16. The van der Waals surface area contributed by atoms with E-state index in [0.29, 0.717) is 5.82 Å². The van der Waals surface area contributed by atoms with Gasteiger partial charge in [-0.25, -0.2) is 9.67 Å². The second kappa shape index (κ2) is 3.71. The minimum Gasteiger partial charge on any atom is -0.390 e. The van der Waals surface area contributed by atoms with Gasteiger partial charge in [-0.15, -0.1) is 0 Å². The fourth-order valence-electron chi connectivity index (χ4n) is 1.89. The molecule has 1 N–H and O–H groups in total. The summed E-state index contributed by atoms with van der Waals surface area (Å²) >= 11 is 0. The summed E-state index contributed by atoms with van der Waals surface area (Å²) in [5.74, 6) is 0.673. The van der Waals surface area contributed by atoms with Crippen molar-refractivity contribution in [3.05, 3.63) is 48.0 Å². The van der Waals surface area contributed by atoms with E-state index in [4.69, 9.17) is 0 Å². The fraction of sp³-hybridized carbons (Fsp3) is 0.167. The molecule has 0 amide bonds. The van der Waals surface area contributed by atoms with E-state index >= 15 is 0 Å². The molecule has 0 saturated carbocycles. The van der Waals surface area contributed by atoms with Gasteiger partial charge in [-0.2, -0.15) is 5.10 Å². The molecule has 5 heteroatoms. The molecule has 86 valence electrons. The van der Waals surface area contributed by atoms with Gasteiger partial charge in [-0.3, -0.25) is 4.40 Å². The number of fused-ring (bicyclic) bond motifs is 1. The number of hydrogen-bond acceptors (Lipinski definition) is 3. The van der Waals surface area contributed by atoms with Crippen LogP contribution in [-0.4, -0.2) is 24.3 Å². The van der Waals surface area contributed by atoms with E-state index in [-0.39, 0.29) is 6.61 Å². The van der Waals surface area contributed by atoms with Crippen molar-refractivity contribution in [2.75, 3.05) is 0 Å². The molecule has 0 radical (unpaired) electrons. The molecule has 5 nitrogen and oxygen atoms in total. The van der Waals surface area contributed by atoms with Crippen molar-refractivity contribution in [1.29, 1.82) is 0 Å². The Morgan fingerprint density at radius 3 is 2.94 bits per heavy atom. The summed E-state index contributed by atoms with van der Waals surface area (Å²) in [5.41, 5.74) is 2.61. The van der Waals surface area contributed by atoms with Crippen LogP contribution < -0.4 is 0 Å². The van der Waals surface area contributed by atoms with Gasteiger partial charge >= 0.3 is 0 Å². The molecule has 0 atom stereocenters. The van der Waals surface area contributed by atoms with Crippen LogP contribution >= 0.6 is 0 Å². The summed E-state index contributed by atoms with van der Waals surface area (Å²) in [6, 6.07) is 5.73. The van der Waals surface area contributed by atoms with Gasteiger partial charge in [0, 0.05) is 12.4 Å². The average Bonchev–Trinajstić information content (AvgIpc) is 2.91. The monoisotopic (exact) mass is 228 g/mol. The van der Waals surface area contributed by atoms with Crippen LogP contribution in [0.15, 0.2) is 36.8 Å². The van der Waals surface area contributed by atoms with Gasteiger partial charge in [-0.05, 0) is 24.6 Å². The molecule has 0 fully saturated rings. The van der Waals surface area contributed by atoms with E-state index in [1.165, 1.54) is 0 Å². The molecule has 0 saturated heterocycles. The van der Waals surface area contributed by atoms with Crippen molar-refractivity contribution in [3.63, 3.8) is 0 Å². The number of pyridine rings is 1. The van der Waals surface area contributed by atoms with Crippen LogP contribution in [0.4, 0.5) is 0 Å². The molecular weight excluding hydrogens is 216 g/mol. The molecule has 0 bridgehead atoms. The second-order valence-electron chi connectivity index (χ2n) is 3.93. The van der Waals surface area contributed by atoms with E-state index in [1.807, 2.05) is 41.9 Å². The topological polar surface area (TPSA) is 55.4 Å². The first-order valence-corrected chi connectivity index (χ1v) is 5.38. The Kier molecular flexibility index (Phi) is 2.19. The number of imidazole rings is 1. The Hall–Kier alpha value is -2.14. The molecule has 0 spiro atoms. The normalized spacial score (nSPS) is 11.2. The molecule has 17 heavy (non-hydrogen) atoms. The first-order chi connectivity index (χ1) is 8.29. The second-order valence-corrected chi connectivity index (χ2v) is 3.93. The SMILES string of the molecule is Cc1cnn(-c2nc3ccccn3c2CO)c1.